The summed E-state index contributed by atoms with van der Waals surface area (Å²) < 4.78 is 0. The van der Waals surface area contributed by atoms with Gasteiger partial charge in [-0.3, -0.25) is 9.78 Å². The summed E-state index contributed by atoms with van der Waals surface area (Å²) in [5.74, 6) is -0.0487. The predicted octanol–water partition coefficient (Wildman–Crippen LogP) is 4.39. The summed E-state index contributed by atoms with van der Waals surface area (Å²) >= 11 is 0. The van der Waals surface area contributed by atoms with Crippen LogP contribution in [-0.4, -0.2) is 21.1 Å². The van der Waals surface area contributed by atoms with Crippen molar-refractivity contribution in [2.45, 2.75) is 6.42 Å². The molecule has 28 heavy (non-hydrogen) atoms. The molecule has 0 fully saturated rings. The van der Waals surface area contributed by atoms with Crippen LogP contribution in [0.2, 0.25) is 0 Å². The number of aromatic nitrogens is 3. The van der Waals surface area contributed by atoms with E-state index in [1.165, 1.54) is 0 Å². The monoisotopic (exact) mass is 366 g/mol. The molecule has 2 aromatic heterocycles. The van der Waals surface area contributed by atoms with Crippen LogP contribution in [0.5, 0.6) is 0 Å². The number of hydrogen-bond donors (Lipinski definition) is 1. The number of pyridine rings is 1. The molecule has 0 aliphatic heterocycles. The highest BCUT2D eigenvalue weighted by Gasteiger charge is 2.06. The molecule has 4 aromatic rings. The van der Waals surface area contributed by atoms with Crippen LogP contribution in [0.15, 0.2) is 91.5 Å². The molecule has 0 saturated carbocycles. The highest BCUT2D eigenvalue weighted by atomic mass is 16.1. The van der Waals surface area contributed by atoms with Gasteiger partial charge in [-0.05, 0) is 46.5 Å². The number of hydrogen-bond acceptors (Lipinski definition) is 4. The molecule has 0 bridgehead atoms. The molecule has 4 rings (SSSR count). The van der Waals surface area contributed by atoms with Crippen molar-refractivity contribution in [3.8, 4) is 22.3 Å². The van der Waals surface area contributed by atoms with Gasteiger partial charge < -0.3 is 5.32 Å². The molecule has 2 heterocycles. The van der Waals surface area contributed by atoms with Crippen LogP contribution in [0.3, 0.4) is 0 Å². The summed E-state index contributed by atoms with van der Waals surface area (Å²) in [6.07, 6.45) is 7.27. The number of benzene rings is 2. The second-order valence-corrected chi connectivity index (χ2v) is 6.37. The van der Waals surface area contributed by atoms with Gasteiger partial charge in [-0.2, -0.15) is 10.2 Å². The molecule has 0 aliphatic carbocycles. The van der Waals surface area contributed by atoms with E-state index in [0.717, 1.165) is 33.5 Å². The summed E-state index contributed by atoms with van der Waals surface area (Å²) in [5, 5.41) is 10.6. The van der Waals surface area contributed by atoms with E-state index in [9.17, 15) is 4.79 Å². The van der Waals surface area contributed by atoms with Crippen molar-refractivity contribution in [3.63, 3.8) is 0 Å². The van der Waals surface area contributed by atoms with Gasteiger partial charge in [0.2, 0.25) is 5.91 Å². The van der Waals surface area contributed by atoms with Gasteiger partial charge in [-0.15, -0.1) is 0 Å². The van der Waals surface area contributed by atoms with Crippen molar-refractivity contribution >= 4 is 11.6 Å². The van der Waals surface area contributed by atoms with Gasteiger partial charge in [-0.1, -0.05) is 42.5 Å². The normalized spacial score (nSPS) is 10.4. The van der Waals surface area contributed by atoms with E-state index >= 15 is 0 Å². The second-order valence-electron chi connectivity index (χ2n) is 6.37. The molecule has 5 heteroatoms. The van der Waals surface area contributed by atoms with Gasteiger partial charge in [0, 0.05) is 23.6 Å². The molecule has 136 valence electrons. The first kappa shape index (κ1) is 17.5. The molecule has 5 nitrogen and oxygen atoms in total. The lowest BCUT2D eigenvalue weighted by Crippen LogP contribution is -2.14. The smallest absolute Gasteiger partial charge is 0.228 e. The molecule has 0 atom stereocenters. The quantitative estimate of drug-likeness (QED) is 0.569. The first-order valence-electron chi connectivity index (χ1n) is 8.94. The van der Waals surface area contributed by atoms with E-state index < -0.39 is 0 Å². The minimum atomic E-state index is -0.0487. The maximum Gasteiger partial charge on any atom is 0.228 e. The minimum Gasteiger partial charge on any atom is -0.326 e. The van der Waals surface area contributed by atoms with Gasteiger partial charge in [0.05, 0.1) is 18.8 Å². The van der Waals surface area contributed by atoms with Crippen molar-refractivity contribution in [2.24, 2.45) is 0 Å². The molecule has 1 N–H and O–H groups in total. The lowest BCUT2D eigenvalue weighted by atomic mass is 10.0. The van der Waals surface area contributed by atoms with Crippen molar-refractivity contribution in [3.05, 3.63) is 97.1 Å². The highest BCUT2D eigenvalue weighted by molar-refractivity contribution is 5.92. The molecule has 2 aromatic carbocycles. The van der Waals surface area contributed by atoms with Gasteiger partial charge in [0.25, 0.3) is 0 Å². The third-order valence-corrected chi connectivity index (χ3v) is 4.40. The van der Waals surface area contributed by atoms with Crippen LogP contribution in [0.4, 0.5) is 5.69 Å². The number of anilines is 1. The summed E-state index contributed by atoms with van der Waals surface area (Å²) in [7, 11) is 0. The first-order chi connectivity index (χ1) is 13.8. The number of nitrogens with one attached hydrogen (secondary N) is 1. The minimum absolute atomic E-state index is 0.0487. The summed E-state index contributed by atoms with van der Waals surface area (Å²) in [4.78, 5) is 16.5. The van der Waals surface area contributed by atoms with E-state index in [2.05, 4.69) is 20.5 Å². The Balaban J connectivity index is 1.38. The van der Waals surface area contributed by atoms with Crippen LogP contribution in [0, 0.1) is 0 Å². The molecule has 0 aliphatic rings. The van der Waals surface area contributed by atoms with E-state index in [-0.39, 0.29) is 5.91 Å². The van der Waals surface area contributed by atoms with Crippen molar-refractivity contribution in [1.82, 2.24) is 15.2 Å². The predicted molar refractivity (Wildman–Crippen MR) is 109 cm³/mol. The SMILES string of the molecule is O=C(Cc1ccc(-c2ccnnc2)cc1)Nc1ccc(-c2cccnc2)cc1. The summed E-state index contributed by atoms with van der Waals surface area (Å²) in [6.45, 7) is 0. The Bertz CT molecular complexity index is 960. The highest BCUT2D eigenvalue weighted by Crippen LogP contribution is 2.21. The maximum absolute atomic E-state index is 12.4. The number of rotatable bonds is 5. The molecule has 0 saturated heterocycles. The van der Waals surface area contributed by atoms with E-state index in [1.54, 1.807) is 18.6 Å². The third-order valence-electron chi connectivity index (χ3n) is 4.40. The average Bonchev–Trinajstić information content (AvgIpc) is 2.76. The Kier molecular flexibility index (Phi) is 5.15. The lowest BCUT2D eigenvalue weighted by Gasteiger charge is -2.08. The Hall–Kier alpha value is -3.86. The van der Waals surface area contributed by atoms with E-state index in [0.29, 0.717) is 6.42 Å². The molecule has 0 unspecified atom stereocenters. The number of carbonyl (C=O) groups is 1. The zero-order chi connectivity index (χ0) is 19.2. The molecule has 1 amide bonds. The van der Waals surface area contributed by atoms with Crippen molar-refractivity contribution < 1.29 is 4.79 Å². The van der Waals surface area contributed by atoms with Crippen LogP contribution >= 0.6 is 0 Å². The van der Waals surface area contributed by atoms with Crippen LogP contribution < -0.4 is 5.32 Å². The van der Waals surface area contributed by atoms with Crippen molar-refractivity contribution in [2.75, 3.05) is 5.32 Å². The second kappa shape index (κ2) is 8.22. The lowest BCUT2D eigenvalue weighted by molar-refractivity contribution is -0.115. The van der Waals surface area contributed by atoms with Gasteiger partial charge in [0.1, 0.15) is 0 Å². The summed E-state index contributed by atoms with van der Waals surface area (Å²) in [6, 6.07) is 21.5. The maximum atomic E-state index is 12.4. The van der Waals surface area contributed by atoms with Crippen LogP contribution in [0.1, 0.15) is 5.56 Å². The van der Waals surface area contributed by atoms with Gasteiger partial charge in [0.15, 0.2) is 0 Å². The van der Waals surface area contributed by atoms with Gasteiger partial charge >= 0.3 is 0 Å². The fraction of sp³-hybridized carbons (Fsp3) is 0.0435. The zero-order valence-electron chi connectivity index (χ0n) is 15.1. The zero-order valence-corrected chi connectivity index (χ0v) is 15.1. The Morgan fingerprint density at radius 2 is 1.43 bits per heavy atom. The van der Waals surface area contributed by atoms with E-state index in [4.69, 9.17) is 0 Å². The van der Waals surface area contributed by atoms with Crippen LogP contribution in [0.25, 0.3) is 22.3 Å². The Labute approximate surface area is 163 Å². The van der Waals surface area contributed by atoms with E-state index in [1.807, 2.05) is 72.9 Å². The number of nitrogens with zero attached hydrogens (tertiary/aromatic N) is 3. The summed E-state index contributed by atoms with van der Waals surface area (Å²) in [5.41, 5.74) is 5.88. The number of amides is 1. The fourth-order valence-corrected chi connectivity index (χ4v) is 2.95. The molecule has 0 spiro atoms. The topological polar surface area (TPSA) is 67.8 Å². The molecular weight excluding hydrogens is 348 g/mol. The standard InChI is InChI=1S/C23H18N4O/c28-23(14-17-3-5-18(6-4-17)21-11-13-25-26-16-21)27-22-9-7-19(8-10-22)20-2-1-12-24-15-20/h1-13,15-16H,14H2,(H,27,28). The number of carbonyl (C=O) groups excluding carboxylic acids is 1. The molecular formula is C23H18N4O. The van der Waals surface area contributed by atoms with Crippen molar-refractivity contribution in [1.29, 1.82) is 0 Å². The first-order valence-corrected chi connectivity index (χ1v) is 8.94. The van der Waals surface area contributed by atoms with Gasteiger partial charge in [-0.25, -0.2) is 0 Å². The Morgan fingerprint density at radius 1 is 0.714 bits per heavy atom. The largest absolute Gasteiger partial charge is 0.326 e. The molecule has 0 radical (unpaired) electrons. The Morgan fingerprint density at radius 3 is 2.07 bits per heavy atom. The fourth-order valence-electron chi connectivity index (χ4n) is 2.95. The van der Waals surface area contributed by atoms with Crippen LogP contribution in [-0.2, 0) is 11.2 Å². The average molecular weight is 366 g/mol. The third kappa shape index (κ3) is 4.27.